The van der Waals surface area contributed by atoms with Crippen LogP contribution in [0.2, 0.25) is 0 Å². The summed E-state index contributed by atoms with van der Waals surface area (Å²) in [5, 5.41) is 12.6. The van der Waals surface area contributed by atoms with Gasteiger partial charge in [0, 0.05) is 17.8 Å². The molecule has 0 aliphatic carbocycles. The zero-order valence-electron chi connectivity index (χ0n) is 11.7. The zero-order chi connectivity index (χ0) is 14.6. The van der Waals surface area contributed by atoms with E-state index in [1.165, 1.54) is 11.3 Å². The van der Waals surface area contributed by atoms with Crippen molar-refractivity contribution in [1.82, 2.24) is 4.98 Å². The fourth-order valence-electron chi connectivity index (χ4n) is 1.36. The fourth-order valence-corrected chi connectivity index (χ4v) is 2.38. The van der Waals surface area contributed by atoms with E-state index in [0.717, 1.165) is 10.6 Å². The Morgan fingerprint density at radius 2 is 2.21 bits per heavy atom. The predicted octanol–water partition coefficient (Wildman–Crippen LogP) is 1.66. The van der Waals surface area contributed by atoms with E-state index in [2.05, 4.69) is 10.3 Å². The first-order chi connectivity index (χ1) is 8.71. The Bertz CT molecular complexity index is 440. The van der Waals surface area contributed by atoms with Crippen molar-refractivity contribution in [2.24, 2.45) is 5.73 Å². The first-order valence-corrected chi connectivity index (χ1v) is 6.87. The number of carbonyl (C=O) groups excluding carboxylic acids is 1. The Morgan fingerprint density at radius 3 is 2.74 bits per heavy atom. The molecule has 0 saturated heterocycles. The number of aliphatic hydroxyl groups excluding tert-OH is 1. The van der Waals surface area contributed by atoms with E-state index in [0.29, 0.717) is 11.6 Å². The first-order valence-electron chi connectivity index (χ1n) is 6.05. The number of carbonyl (C=O) groups is 1. The molecule has 1 aromatic heterocycles. The summed E-state index contributed by atoms with van der Waals surface area (Å²) in [6, 6.07) is 0. The molecule has 4 N–H and O–H groups in total. The lowest BCUT2D eigenvalue weighted by Gasteiger charge is -2.18. The largest absolute Gasteiger partial charge is 0.444 e. The van der Waals surface area contributed by atoms with Crippen LogP contribution in [0.3, 0.4) is 0 Å². The smallest absolute Gasteiger partial charge is 0.413 e. The normalized spacial score (nSPS) is 13.2. The number of aryl methyl sites for hydroxylation is 1. The van der Waals surface area contributed by atoms with E-state index >= 15 is 0 Å². The van der Waals surface area contributed by atoms with Crippen LogP contribution >= 0.6 is 11.3 Å². The molecule has 1 heterocycles. The van der Waals surface area contributed by atoms with Gasteiger partial charge in [-0.15, -0.1) is 11.3 Å². The highest BCUT2D eigenvalue weighted by molar-refractivity contribution is 7.15. The summed E-state index contributed by atoms with van der Waals surface area (Å²) in [6.07, 6.45) is -0.684. The molecule has 0 aliphatic rings. The van der Waals surface area contributed by atoms with Crippen molar-refractivity contribution in [3.05, 3.63) is 10.6 Å². The van der Waals surface area contributed by atoms with Crippen molar-refractivity contribution in [2.75, 3.05) is 11.9 Å². The Morgan fingerprint density at radius 1 is 1.58 bits per heavy atom. The Kier molecular flexibility index (Phi) is 5.28. The van der Waals surface area contributed by atoms with Gasteiger partial charge < -0.3 is 15.6 Å². The maximum absolute atomic E-state index is 11.6. The second kappa shape index (κ2) is 6.31. The van der Waals surface area contributed by atoms with Crippen LogP contribution in [-0.2, 0) is 11.2 Å². The number of thiazole rings is 1. The topological polar surface area (TPSA) is 97.5 Å². The summed E-state index contributed by atoms with van der Waals surface area (Å²) in [7, 11) is 0. The summed E-state index contributed by atoms with van der Waals surface area (Å²) in [4.78, 5) is 16.7. The van der Waals surface area contributed by atoms with Gasteiger partial charge in [0.2, 0.25) is 0 Å². The zero-order valence-corrected chi connectivity index (χ0v) is 12.5. The molecule has 1 atom stereocenters. The van der Waals surface area contributed by atoms with E-state index in [9.17, 15) is 9.90 Å². The third-order valence-corrected chi connectivity index (χ3v) is 3.29. The molecule has 0 saturated carbocycles. The lowest BCUT2D eigenvalue weighted by Crippen LogP contribution is -2.27. The number of nitrogens with zero attached hydrogens (tertiary/aromatic N) is 1. The van der Waals surface area contributed by atoms with Gasteiger partial charge in [0.15, 0.2) is 5.13 Å². The number of rotatable bonds is 4. The SMILES string of the molecule is Cc1nc(NC(=O)OC(C)(C)C)sc1CC(O)CN. The van der Waals surface area contributed by atoms with Crippen LogP contribution < -0.4 is 11.1 Å². The van der Waals surface area contributed by atoms with Gasteiger partial charge in [-0.25, -0.2) is 9.78 Å². The van der Waals surface area contributed by atoms with E-state index < -0.39 is 17.8 Å². The van der Waals surface area contributed by atoms with Crippen LogP contribution in [0.15, 0.2) is 0 Å². The van der Waals surface area contributed by atoms with E-state index in [-0.39, 0.29) is 6.54 Å². The average Bonchev–Trinajstić information content (AvgIpc) is 2.55. The minimum Gasteiger partial charge on any atom is -0.444 e. The van der Waals surface area contributed by atoms with E-state index in [1.807, 2.05) is 6.92 Å². The molecule has 0 fully saturated rings. The van der Waals surface area contributed by atoms with Gasteiger partial charge in [0.05, 0.1) is 11.8 Å². The van der Waals surface area contributed by atoms with Crippen LogP contribution in [0.5, 0.6) is 0 Å². The molecule has 108 valence electrons. The summed E-state index contributed by atoms with van der Waals surface area (Å²) in [5.74, 6) is 0. The molecule has 0 radical (unpaired) electrons. The number of hydrogen-bond acceptors (Lipinski definition) is 6. The molecule has 0 aromatic carbocycles. The number of amides is 1. The number of anilines is 1. The predicted molar refractivity (Wildman–Crippen MR) is 75.5 cm³/mol. The van der Waals surface area contributed by atoms with Gasteiger partial charge in [0.25, 0.3) is 0 Å². The van der Waals surface area contributed by atoms with Gasteiger partial charge in [-0.1, -0.05) is 0 Å². The molecule has 1 amide bonds. The fraction of sp³-hybridized carbons (Fsp3) is 0.667. The van der Waals surface area contributed by atoms with Crippen LogP contribution in [-0.4, -0.2) is 34.4 Å². The van der Waals surface area contributed by atoms with Gasteiger partial charge >= 0.3 is 6.09 Å². The average molecular weight is 287 g/mol. The highest BCUT2D eigenvalue weighted by Crippen LogP contribution is 2.24. The monoisotopic (exact) mass is 287 g/mol. The van der Waals surface area contributed by atoms with Crippen molar-refractivity contribution in [3.8, 4) is 0 Å². The minimum absolute atomic E-state index is 0.201. The number of nitrogens with two attached hydrogens (primary N) is 1. The number of aliphatic hydroxyl groups is 1. The molecule has 0 bridgehead atoms. The Balaban J connectivity index is 2.65. The van der Waals surface area contributed by atoms with Crippen LogP contribution in [0.4, 0.5) is 9.93 Å². The quantitative estimate of drug-likeness (QED) is 0.782. The van der Waals surface area contributed by atoms with Gasteiger partial charge in [-0.2, -0.15) is 0 Å². The maximum Gasteiger partial charge on any atom is 0.413 e. The second-order valence-electron chi connectivity index (χ2n) is 5.25. The van der Waals surface area contributed by atoms with Crippen LogP contribution in [0, 0.1) is 6.92 Å². The van der Waals surface area contributed by atoms with E-state index in [4.69, 9.17) is 10.5 Å². The molecular weight excluding hydrogens is 266 g/mol. The number of ether oxygens (including phenoxy) is 1. The molecule has 0 aliphatic heterocycles. The Labute approximate surface area is 117 Å². The van der Waals surface area contributed by atoms with Gasteiger partial charge in [-0.05, 0) is 27.7 Å². The van der Waals surface area contributed by atoms with Gasteiger partial charge in [-0.3, -0.25) is 5.32 Å². The lowest BCUT2D eigenvalue weighted by molar-refractivity contribution is 0.0636. The van der Waals surface area contributed by atoms with Gasteiger partial charge in [0.1, 0.15) is 5.60 Å². The van der Waals surface area contributed by atoms with Crippen molar-refractivity contribution in [2.45, 2.75) is 45.8 Å². The molecular formula is C12H21N3O3S. The van der Waals surface area contributed by atoms with Crippen LogP contribution in [0.1, 0.15) is 31.3 Å². The number of nitrogens with one attached hydrogen (secondary N) is 1. The van der Waals surface area contributed by atoms with Crippen molar-refractivity contribution in [3.63, 3.8) is 0 Å². The summed E-state index contributed by atoms with van der Waals surface area (Å²) < 4.78 is 5.14. The molecule has 1 unspecified atom stereocenters. The van der Waals surface area contributed by atoms with Crippen molar-refractivity contribution in [1.29, 1.82) is 0 Å². The maximum atomic E-state index is 11.6. The summed E-state index contributed by atoms with van der Waals surface area (Å²) >= 11 is 1.32. The second-order valence-corrected chi connectivity index (χ2v) is 6.33. The Hall–Kier alpha value is -1.18. The molecule has 0 spiro atoms. The van der Waals surface area contributed by atoms with Crippen molar-refractivity contribution >= 4 is 22.6 Å². The molecule has 19 heavy (non-hydrogen) atoms. The first kappa shape index (κ1) is 15.9. The molecule has 1 aromatic rings. The number of aromatic nitrogens is 1. The lowest BCUT2D eigenvalue weighted by atomic mass is 10.2. The summed E-state index contributed by atoms with van der Waals surface area (Å²) in [5.41, 5.74) is 5.61. The van der Waals surface area contributed by atoms with Crippen LogP contribution in [0.25, 0.3) is 0 Å². The molecule has 7 heteroatoms. The standard InChI is InChI=1S/C12H21N3O3S/c1-7-9(5-8(16)6-13)19-10(14-7)15-11(17)18-12(2,3)4/h8,16H,5-6,13H2,1-4H3,(H,14,15,17). The number of hydrogen-bond donors (Lipinski definition) is 3. The van der Waals surface area contributed by atoms with Crippen molar-refractivity contribution < 1.29 is 14.6 Å². The molecule has 1 rings (SSSR count). The minimum atomic E-state index is -0.589. The highest BCUT2D eigenvalue weighted by atomic mass is 32.1. The summed E-state index contributed by atoms with van der Waals surface area (Å²) in [6.45, 7) is 7.41. The molecule has 6 nitrogen and oxygen atoms in total. The third-order valence-electron chi connectivity index (χ3n) is 2.19. The van der Waals surface area contributed by atoms with E-state index in [1.54, 1.807) is 20.8 Å². The third kappa shape index (κ3) is 5.54. The highest BCUT2D eigenvalue weighted by Gasteiger charge is 2.18.